The number of Topliss-reactive ketones (excluding diaryl/α,β-unsaturated/α-hetero) is 2. The van der Waals surface area contributed by atoms with E-state index in [0.717, 1.165) is 45.0 Å². The highest BCUT2D eigenvalue weighted by atomic mass is 16.1. The summed E-state index contributed by atoms with van der Waals surface area (Å²) in [5, 5.41) is 7.23. The topological polar surface area (TPSA) is 62.0 Å². The van der Waals surface area contributed by atoms with Crippen LogP contribution in [0.15, 0.2) is 133 Å². The number of hydrogen-bond donors (Lipinski definition) is 2. The number of carbonyl (C=O) groups excluding carboxylic acids is 2. The van der Waals surface area contributed by atoms with E-state index in [9.17, 15) is 0 Å². The van der Waals surface area contributed by atoms with Crippen molar-refractivity contribution in [2.75, 3.05) is 0 Å². The molecular weight excluding hydrogens is 564 g/mol. The number of benzene rings is 5. The van der Waals surface area contributed by atoms with Crippen LogP contribution in [0.25, 0.3) is 27.8 Å². The maximum absolute atomic E-state index is 15.6. The third-order valence-electron chi connectivity index (χ3n) is 11.0. The highest BCUT2D eigenvalue weighted by molar-refractivity contribution is 6.24. The van der Waals surface area contributed by atoms with Crippen molar-refractivity contribution in [1.82, 2.24) is 10.3 Å². The number of rotatable bonds is 4. The molecule has 5 aromatic carbocycles. The zero-order valence-corrected chi connectivity index (χ0v) is 25.5. The Bertz CT molecular complexity index is 2190. The Hall–Kier alpha value is -5.06. The fourth-order valence-electron chi connectivity index (χ4n) is 9.32. The molecule has 224 valence electrons. The Morgan fingerprint density at radius 1 is 0.761 bits per heavy atom. The molecule has 1 aliphatic heterocycles. The van der Waals surface area contributed by atoms with Crippen LogP contribution in [0.4, 0.5) is 0 Å². The van der Waals surface area contributed by atoms with Crippen LogP contribution in [0.2, 0.25) is 0 Å². The molecule has 46 heavy (non-hydrogen) atoms. The van der Waals surface area contributed by atoms with Crippen molar-refractivity contribution in [2.24, 2.45) is 5.41 Å². The summed E-state index contributed by atoms with van der Waals surface area (Å²) in [4.78, 5) is 34.4. The molecule has 4 atom stereocenters. The molecule has 1 unspecified atom stereocenters. The van der Waals surface area contributed by atoms with E-state index >= 15 is 9.59 Å². The summed E-state index contributed by atoms with van der Waals surface area (Å²) < 4.78 is 0. The number of ketones is 2. The molecule has 1 saturated heterocycles. The zero-order chi connectivity index (χ0) is 30.9. The summed E-state index contributed by atoms with van der Waals surface area (Å²) in [6.07, 6.45) is 7.01. The summed E-state index contributed by atoms with van der Waals surface area (Å²) in [6.45, 7) is 0. The minimum absolute atomic E-state index is 0.0240. The SMILES string of the molecule is O=C1c2cccc3cccc(c23)[C@]12NC(Cc1c[nH]c3ccccc13)[C@H](c1ccccc1)[C@]21CCC/C(=C\c2ccccc2)C1=O. The second-order valence-electron chi connectivity index (χ2n) is 13.2. The van der Waals surface area contributed by atoms with Gasteiger partial charge < -0.3 is 4.98 Å². The Kier molecular flexibility index (Phi) is 6.06. The van der Waals surface area contributed by atoms with Crippen LogP contribution in [0, 0.1) is 5.41 Å². The quantitative estimate of drug-likeness (QED) is 0.200. The normalized spacial score (nSPS) is 26.3. The summed E-state index contributed by atoms with van der Waals surface area (Å²) >= 11 is 0. The molecule has 1 aromatic heterocycles. The molecule has 4 heteroatoms. The number of allylic oxidation sites excluding steroid dienone is 1. The van der Waals surface area contributed by atoms with Crippen molar-refractivity contribution in [2.45, 2.75) is 43.2 Å². The van der Waals surface area contributed by atoms with Crippen molar-refractivity contribution in [3.63, 3.8) is 0 Å². The van der Waals surface area contributed by atoms with Gasteiger partial charge in [-0.25, -0.2) is 0 Å². The molecule has 2 spiro atoms. The fraction of sp³-hybridized carbons (Fsp3) is 0.190. The van der Waals surface area contributed by atoms with Gasteiger partial charge in [-0.2, -0.15) is 0 Å². The average molecular weight is 599 g/mol. The minimum Gasteiger partial charge on any atom is -0.361 e. The average Bonchev–Trinajstić information content (AvgIpc) is 3.72. The predicted octanol–water partition coefficient (Wildman–Crippen LogP) is 8.53. The van der Waals surface area contributed by atoms with E-state index in [1.54, 1.807) is 0 Å². The molecular formula is C42H34N2O2. The van der Waals surface area contributed by atoms with E-state index in [1.165, 1.54) is 10.9 Å². The lowest BCUT2D eigenvalue weighted by Gasteiger charge is -2.47. The summed E-state index contributed by atoms with van der Waals surface area (Å²) in [5.74, 6) is -0.109. The number of hydrogen-bond acceptors (Lipinski definition) is 3. The largest absolute Gasteiger partial charge is 0.361 e. The maximum Gasteiger partial charge on any atom is 0.189 e. The van der Waals surface area contributed by atoms with Gasteiger partial charge in [-0.05, 0) is 76.4 Å². The third-order valence-corrected chi connectivity index (χ3v) is 11.0. The van der Waals surface area contributed by atoms with E-state index in [1.807, 2.05) is 42.5 Å². The second-order valence-corrected chi connectivity index (χ2v) is 13.2. The standard InChI is InChI=1S/C42H34N2O2/c45-39-30(24-27-12-3-1-4-13-27)18-11-23-41(39)38(29-14-5-2-6-15-29)36(25-31-26-43-35-22-8-7-19-32(31)35)44-42(41)34-21-10-17-28-16-9-20-33(37(28)34)40(42)46/h1-10,12-17,19-22,24,26,36,38,43-44H,11,18,23,25H2/b30-24+/t36?,38-,41-,42-/m0/s1. The number of fused-ring (bicyclic) bond motifs is 3. The molecule has 2 aliphatic carbocycles. The van der Waals surface area contributed by atoms with Crippen molar-refractivity contribution in [3.8, 4) is 0 Å². The number of H-pyrrole nitrogens is 1. The van der Waals surface area contributed by atoms with Crippen molar-refractivity contribution in [3.05, 3.63) is 161 Å². The molecule has 0 radical (unpaired) electrons. The number of para-hydroxylation sites is 1. The number of aromatic amines is 1. The number of aromatic nitrogens is 1. The highest BCUT2D eigenvalue weighted by Crippen LogP contribution is 2.66. The van der Waals surface area contributed by atoms with Crippen LogP contribution in [0.3, 0.4) is 0 Å². The predicted molar refractivity (Wildman–Crippen MR) is 184 cm³/mol. The Morgan fingerprint density at radius 3 is 2.33 bits per heavy atom. The molecule has 2 N–H and O–H groups in total. The van der Waals surface area contributed by atoms with E-state index < -0.39 is 11.0 Å². The smallest absolute Gasteiger partial charge is 0.189 e. The van der Waals surface area contributed by atoms with Gasteiger partial charge in [-0.15, -0.1) is 0 Å². The van der Waals surface area contributed by atoms with Gasteiger partial charge in [0.1, 0.15) is 5.54 Å². The third kappa shape index (κ3) is 3.65. The first kappa shape index (κ1) is 27.3. The van der Waals surface area contributed by atoms with Gasteiger partial charge in [0.2, 0.25) is 0 Å². The van der Waals surface area contributed by atoms with Crippen LogP contribution in [0.5, 0.6) is 0 Å². The zero-order valence-electron chi connectivity index (χ0n) is 25.5. The summed E-state index contributed by atoms with van der Waals surface area (Å²) in [5.41, 5.74) is 4.64. The first-order valence-electron chi connectivity index (χ1n) is 16.4. The van der Waals surface area contributed by atoms with Gasteiger partial charge in [-0.3, -0.25) is 14.9 Å². The summed E-state index contributed by atoms with van der Waals surface area (Å²) in [7, 11) is 0. The van der Waals surface area contributed by atoms with Crippen molar-refractivity contribution < 1.29 is 9.59 Å². The minimum atomic E-state index is -1.19. The van der Waals surface area contributed by atoms with Crippen molar-refractivity contribution in [1.29, 1.82) is 0 Å². The molecule has 2 fully saturated rings. The maximum atomic E-state index is 15.6. The Labute approximate surface area is 268 Å². The second kappa shape index (κ2) is 10.2. The molecule has 1 saturated carbocycles. The van der Waals surface area contributed by atoms with Crippen LogP contribution in [-0.2, 0) is 16.8 Å². The monoisotopic (exact) mass is 598 g/mol. The molecule has 4 nitrogen and oxygen atoms in total. The molecule has 3 aliphatic rings. The molecule has 6 aromatic rings. The van der Waals surface area contributed by atoms with Crippen LogP contribution >= 0.6 is 0 Å². The van der Waals surface area contributed by atoms with E-state index in [4.69, 9.17) is 0 Å². The highest BCUT2D eigenvalue weighted by Gasteiger charge is 2.73. The van der Waals surface area contributed by atoms with E-state index in [2.05, 4.69) is 101 Å². The molecule has 2 heterocycles. The lowest BCUT2D eigenvalue weighted by Crippen LogP contribution is -2.59. The van der Waals surface area contributed by atoms with Gasteiger partial charge in [0.25, 0.3) is 0 Å². The van der Waals surface area contributed by atoms with E-state index in [-0.39, 0.29) is 23.5 Å². The lowest BCUT2D eigenvalue weighted by molar-refractivity contribution is -0.130. The molecule has 9 rings (SSSR count). The first-order valence-corrected chi connectivity index (χ1v) is 16.4. The first-order chi connectivity index (χ1) is 22.6. The number of nitrogens with one attached hydrogen (secondary N) is 2. The van der Waals surface area contributed by atoms with Crippen LogP contribution in [0.1, 0.15) is 57.8 Å². The van der Waals surface area contributed by atoms with Gasteiger partial charge >= 0.3 is 0 Å². The van der Waals surface area contributed by atoms with Crippen LogP contribution in [-0.4, -0.2) is 22.6 Å². The van der Waals surface area contributed by atoms with Crippen molar-refractivity contribution >= 4 is 39.3 Å². The van der Waals surface area contributed by atoms with Gasteiger partial charge in [-0.1, -0.05) is 115 Å². The van der Waals surface area contributed by atoms with Crippen LogP contribution < -0.4 is 5.32 Å². The van der Waals surface area contributed by atoms with E-state index in [0.29, 0.717) is 24.8 Å². The Balaban J connectivity index is 1.32. The molecule has 0 amide bonds. The Morgan fingerprint density at radius 2 is 1.50 bits per heavy atom. The fourth-order valence-corrected chi connectivity index (χ4v) is 9.32. The number of carbonyl (C=O) groups is 2. The summed E-state index contributed by atoms with van der Waals surface area (Å²) in [6, 6.07) is 41.0. The van der Waals surface area contributed by atoms with Gasteiger partial charge in [0, 0.05) is 34.6 Å². The van der Waals surface area contributed by atoms with Gasteiger partial charge in [0.15, 0.2) is 11.6 Å². The van der Waals surface area contributed by atoms with Gasteiger partial charge in [0.05, 0.1) is 5.41 Å². The lowest BCUT2D eigenvalue weighted by atomic mass is 9.52. The molecule has 0 bridgehead atoms.